The van der Waals surface area contributed by atoms with Crippen LogP contribution in [0.4, 0.5) is 0 Å². The number of amides is 2. The van der Waals surface area contributed by atoms with Crippen LogP contribution in [0.1, 0.15) is 18.2 Å². The molecule has 14 heteroatoms. The number of carboxylic acid groups (broad SMARTS) is 2. The number of fused-ring (bicyclic) bond motifs is 1. The molecule has 3 heterocycles. The van der Waals surface area contributed by atoms with E-state index >= 15 is 0 Å². The Balaban J connectivity index is 0.00000256. The number of carboxylic acids is 2. The topological polar surface area (TPSA) is 156 Å². The molecule has 2 atom stereocenters. The minimum Gasteiger partial charge on any atom is -0.550 e. The molecule has 0 aliphatic carbocycles. The predicted molar refractivity (Wildman–Crippen MR) is 100 cm³/mol. The van der Waals surface area contributed by atoms with Crippen LogP contribution in [0, 0.1) is 0 Å². The summed E-state index contributed by atoms with van der Waals surface area (Å²) >= 11 is 2.39. The third-order valence-corrected chi connectivity index (χ3v) is 6.91. The maximum Gasteiger partial charge on any atom is 1.00 e. The van der Waals surface area contributed by atoms with Gasteiger partial charge in [-0.2, -0.15) is 0 Å². The molecule has 10 nitrogen and oxygen atoms in total. The summed E-state index contributed by atoms with van der Waals surface area (Å²) < 4.78 is 4.83. The molecule has 1 N–H and O–H groups in total. The number of nitrogens with zero attached hydrogens (tertiary/aromatic N) is 1. The molecule has 2 aliphatic heterocycles. The number of thiophene rings is 1. The molecule has 2 aliphatic rings. The second kappa shape index (κ2) is 12.0. The molecule has 0 spiro atoms. The van der Waals surface area contributed by atoms with Gasteiger partial charge in [0.15, 0.2) is 5.54 Å². The van der Waals surface area contributed by atoms with Crippen LogP contribution in [0.2, 0.25) is 0 Å². The van der Waals surface area contributed by atoms with Crippen molar-refractivity contribution in [3.63, 3.8) is 0 Å². The summed E-state index contributed by atoms with van der Waals surface area (Å²) in [6.45, 7) is 0.807. The van der Waals surface area contributed by atoms with E-state index in [0.717, 1.165) is 28.5 Å². The molecule has 0 aromatic carbocycles. The number of rotatable bonds is 8. The maximum absolute atomic E-state index is 13.0. The quantitative estimate of drug-likeness (QED) is 0.209. The summed E-state index contributed by atoms with van der Waals surface area (Å²) in [5.74, 6) is -5.29. The van der Waals surface area contributed by atoms with Crippen molar-refractivity contribution in [3.05, 3.63) is 33.7 Å². The summed E-state index contributed by atoms with van der Waals surface area (Å²) in [7, 11) is 0. The average Bonchev–Trinajstić information content (AvgIpc) is 3.16. The zero-order valence-electron chi connectivity index (χ0n) is 17.7. The Morgan fingerprint density at radius 1 is 1.28 bits per heavy atom. The first-order chi connectivity index (χ1) is 14.2. The van der Waals surface area contributed by atoms with E-state index in [1.54, 1.807) is 17.5 Å². The van der Waals surface area contributed by atoms with Gasteiger partial charge in [-0.25, -0.2) is 0 Å². The number of aliphatic carboxylic acids is 2. The van der Waals surface area contributed by atoms with Crippen LogP contribution in [-0.2, 0) is 35.1 Å². The fourth-order valence-corrected chi connectivity index (χ4v) is 5.55. The number of hydrogen-bond acceptors (Lipinski definition) is 10. The van der Waals surface area contributed by atoms with Crippen LogP contribution in [-0.4, -0.2) is 57.9 Å². The monoisotopic (exact) mass is 498 g/mol. The van der Waals surface area contributed by atoms with Crippen LogP contribution in [0.5, 0.6) is 0 Å². The first kappa shape index (κ1) is 29.2. The molecule has 1 aromatic heterocycles. The predicted octanol–water partition coefficient (Wildman–Crippen LogP) is -8.22. The summed E-state index contributed by atoms with van der Waals surface area (Å²) in [4.78, 5) is 61.1. The van der Waals surface area contributed by atoms with E-state index in [1.807, 2.05) is 0 Å². The van der Waals surface area contributed by atoms with E-state index in [0.29, 0.717) is 0 Å². The second-order valence-corrected chi connectivity index (χ2v) is 8.78. The van der Waals surface area contributed by atoms with Crippen molar-refractivity contribution in [3.8, 4) is 0 Å². The summed E-state index contributed by atoms with van der Waals surface area (Å²) in [5, 5.41) is 26.3. The molecule has 0 bridgehead atoms. The zero-order valence-corrected chi connectivity index (χ0v) is 23.3. The van der Waals surface area contributed by atoms with Crippen molar-refractivity contribution in [2.75, 3.05) is 12.4 Å². The minimum atomic E-state index is -1.84. The van der Waals surface area contributed by atoms with Gasteiger partial charge in [0.1, 0.15) is 12.0 Å². The van der Waals surface area contributed by atoms with Crippen molar-refractivity contribution in [1.82, 2.24) is 10.2 Å². The van der Waals surface area contributed by atoms with Crippen molar-refractivity contribution in [2.24, 2.45) is 0 Å². The van der Waals surface area contributed by atoms with Crippen molar-refractivity contribution >= 4 is 52.8 Å². The number of carbonyl (C=O) groups is 5. The molecule has 2 amide bonds. The van der Waals surface area contributed by atoms with E-state index in [-0.39, 0.29) is 83.5 Å². The smallest absolute Gasteiger partial charge is 0.550 e. The molecule has 1 aromatic rings. The summed E-state index contributed by atoms with van der Waals surface area (Å²) in [6.07, 6.45) is -0.867. The number of β-lactam (4-membered cyclic amide) rings is 1. The fourth-order valence-electron chi connectivity index (χ4n) is 3.39. The standard InChI is InChI=1S/C18H18N2O8S2.2Na/c1-9(21)28-7-10-8-30-17-18(6-13(23)24,16(27)20(17)14(10)15(25)26)19-12(22)5-11-3-2-4-29-11;;/h2-4,17H,5-8H2,1H3,(H,19,22)(H,23,24)(H,25,26);;/q;2*+1/p-2/t17-,18-;;/m1../s1. The Kier molecular flexibility index (Phi) is 11.0. The number of esters is 1. The average molecular weight is 498 g/mol. The Morgan fingerprint density at radius 2 is 1.97 bits per heavy atom. The van der Waals surface area contributed by atoms with Gasteiger partial charge in [-0.05, 0) is 11.4 Å². The van der Waals surface area contributed by atoms with Gasteiger partial charge in [0.25, 0.3) is 5.91 Å². The van der Waals surface area contributed by atoms with Crippen molar-refractivity contribution in [2.45, 2.75) is 30.7 Å². The Morgan fingerprint density at radius 3 is 2.50 bits per heavy atom. The number of ether oxygens (including phenoxy) is 1. The molecule has 160 valence electrons. The van der Waals surface area contributed by atoms with Gasteiger partial charge in [-0.15, -0.1) is 23.1 Å². The molecular weight excluding hydrogens is 482 g/mol. The SMILES string of the molecule is CC(=O)OCC1=C(C(=O)[O-])N2C(=O)[C@@](CC(=O)[O-])(NC(=O)Cc3cccs3)[C@H]2SC1.[Na+].[Na+]. The zero-order chi connectivity index (χ0) is 22.1. The van der Waals surface area contributed by atoms with Gasteiger partial charge < -0.3 is 29.9 Å². The van der Waals surface area contributed by atoms with Crippen LogP contribution in [0.3, 0.4) is 0 Å². The summed E-state index contributed by atoms with van der Waals surface area (Å²) in [5.41, 5.74) is -2.18. The molecule has 1 saturated heterocycles. The van der Waals surface area contributed by atoms with Gasteiger partial charge in [-0.3, -0.25) is 19.3 Å². The van der Waals surface area contributed by atoms with Crippen molar-refractivity contribution in [1.29, 1.82) is 0 Å². The molecule has 0 saturated carbocycles. The van der Waals surface area contributed by atoms with E-state index in [9.17, 15) is 34.2 Å². The number of hydrogen-bond donors (Lipinski definition) is 1. The fraction of sp³-hybridized carbons (Fsp3) is 0.389. The van der Waals surface area contributed by atoms with Gasteiger partial charge in [0.2, 0.25) is 5.91 Å². The van der Waals surface area contributed by atoms with Gasteiger partial charge in [0, 0.05) is 35.5 Å². The Hall–Kier alpha value is -0.860. The van der Waals surface area contributed by atoms with Gasteiger partial charge >= 0.3 is 65.1 Å². The van der Waals surface area contributed by atoms with Crippen LogP contribution in [0.25, 0.3) is 0 Å². The molecular formula is C18H16N2Na2O8S2. The van der Waals surface area contributed by atoms with Crippen molar-refractivity contribution < 1.29 is 98.0 Å². The van der Waals surface area contributed by atoms with Crippen LogP contribution in [0.15, 0.2) is 28.8 Å². The molecule has 0 radical (unpaired) electrons. The van der Waals surface area contributed by atoms with Gasteiger partial charge in [-0.1, -0.05) is 6.07 Å². The number of thioether (sulfide) groups is 1. The third kappa shape index (κ3) is 5.98. The van der Waals surface area contributed by atoms with Gasteiger partial charge in [0.05, 0.1) is 18.1 Å². The van der Waals surface area contributed by atoms with E-state index in [1.165, 1.54) is 11.3 Å². The minimum absolute atomic E-state index is 0. The molecule has 32 heavy (non-hydrogen) atoms. The van der Waals surface area contributed by atoms with E-state index in [2.05, 4.69) is 5.32 Å². The first-order valence-electron chi connectivity index (χ1n) is 8.71. The maximum atomic E-state index is 13.0. The van der Waals surface area contributed by atoms with E-state index in [4.69, 9.17) is 4.74 Å². The second-order valence-electron chi connectivity index (χ2n) is 6.68. The molecule has 1 fully saturated rings. The van der Waals surface area contributed by atoms with Crippen LogP contribution >= 0.6 is 23.1 Å². The summed E-state index contributed by atoms with van der Waals surface area (Å²) in [6, 6.07) is 3.47. The molecule has 0 unspecified atom stereocenters. The largest absolute Gasteiger partial charge is 1.00 e. The number of nitrogens with one attached hydrogen (secondary N) is 1. The van der Waals surface area contributed by atoms with E-state index < -0.39 is 52.8 Å². The first-order valence-corrected chi connectivity index (χ1v) is 10.6. The van der Waals surface area contributed by atoms with Crippen LogP contribution < -0.4 is 74.6 Å². The molecule has 3 rings (SSSR count). The Labute approximate surface area is 235 Å². The Bertz CT molecular complexity index is 953. The third-order valence-electron chi connectivity index (χ3n) is 4.59. The number of carbonyl (C=O) groups excluding carboxylic acids is 5. The normalized spacial score (nSPS) is 21.3.